The van der Waals surface area contributed by atoms with Crippen LogP contribution in [0.25, 0.3) is 0 Å². The Hall–Kier alpha value is -4.53. The largest absolute Gasteiger partial charge is 0.465 e. The molecule has 6 saturated heterocycles. The van der Waals surface area contributed by atoms with E-state index in [1.165, 1.54) is 98.6 Å². The predicted molar refractivity (Wildman–Crippen MR) is 216 cm³/mol. The molecule has 1 N–H and O–H groups in total. The van der Waals surface area contributed by atoms with Crippen LogP contribution in [0, 0.1) is 23.6 Å². The molecule has 8 heterocycles. The van der Waals surface area contributed by atoms with Gasteiger partial charge in [-0.1, -0.05) is 97.1 Å². The molecule has 8 aliphatic heterocycles. The van der Waals surface area contributed by atoms with Crippen LogP contribution < -0.4 is 0 Å². The van der Waals surface area contributed by atoms with Gasteiger partial charge in [0.1, 0.15) is 5.82 Å². The van der Waals surface area contributed by atoms with E-state index in [1.54, 1.807) is 6.07 Å². The monoisotopic (exact) mass is 744 g/mol. The molecule has 4 bridgehead atoms. The van der Waals surface area contributed by atoms with Crippen LogP contribution in [0.2, 0.25) is 0 Å². The van der Waals surface area contributed by atoms with Gasteiger partial charge < -0.3 is 24.7 Å². The fraction of sp³-hybridized carbons (Fsp3) is 0.447. The van der Waals surface area contributed by atoms with Gasteiger partial charge >= 0.3 is 6.09 Å². The van der Waals surface area contributed by atoms with Crippen LogP contribution >= 0.6 is 0 Å². The lowest BCUT2D eigenvalue weighted by Crippen LogP contribution is -2.49. The summed E-state index contributed by atoms with van der Waals surface area (Å²) >= 11 is 0. The minimum Gasteiger partial charge on any atom is -0.465 e. The summed E-state index contributed by atoms with van der Waals surface area (Å²) in [6, 6.07) is 35.8. The number of hydrogen-bond donors (Lipinski definition) is 1. The molecule has 2 unspecified atom stereocenters. The minimum absolute atomic E-state index is 0.0599. The van der Waals surface area contributed by atoms with E-state index < -0.39 is 6.09 Å². The number of carbonyl (C=O) groups excluding carboxylic acids is 1. The summed E-state index contributed by atoms with van der Waals surface area (Å²) in [7, 11) is 0. The molecule has 4 aromatic carbocycles. The normalized spacial score (nSPS) is 25.7. The highest BCUT2D eigenvalue weighted by Gasteiger charge is 2.38. The lowest BCUT2D eigenvalue weighted by molar-refractivity contribution is -0.136. The maximum absolute atomic E-state index is 13.4. The summed E-state index contributed by atoms with van der Waals surface area (Å²) in [6.45, 7) is 9.42. The zero-order chi connectivity index (χ0) is 38.0. The first-order valence-corrected chi connectivity index (χ1v) is 20.5. The zero-order valence-corrected chi connectivity index (χ0v) is 32.2. The highest BCUT2D eigenvalue weighted by molar-refractivity contribution is 5.78. The molecular weight excluding hydrogens is 688 g/mol. The Bertz CT molecular complexity index is 1770. The van der Waals surface area contributed by atoms with E-state index in [-0.39, 0.29) is 11.9 Å². The zero-order valence-electron chi connectivity index (χ0n) is 32.2. The number of carbonyl (C=O) groups is 2. The van der Waals surface area contributed by atoms with Crippen LogP contribution in [0.4, 0.5) is 9.18 Å². The Balaban J connectivity index is 0.000000136. The van der Waals surface area contributed by atoms with E-state index in [9.17, 15) is 14.0 Å². The third-order valence-corrected chi connectivity index (χ3v) is 12.6. The van der Waals surface area contributed by atoms with E-state index >= 15 is 0 Å². The van der Waals surface area contributed by atoms with Gasteiger partial charge in [0.2, 0.25) is 5.91 Å². The summed E-state index contributed by atoms with van der Waals surface area (Å²) in [4.78, 5) is 32.8. The van der Waals surface area contributed by atoms with E-state index in [1.807, 2.05) is 36.4 Å². The standard InChI is InChI=1S/C24H28N2O.C10H10FNO2.C7H13N.C6H6/c27-23(16-21-17-25-13-10-18(21)11-14-25)26-15-12-19-6-4-5-9-22(19)24(26)20-7-2-1-3-8-20;11-9-2-1-8-6-12(10(13)14)4-3-7(8)5-9;1-4-8-5-2-7(1)3-6-8;1-2-4-6-5-3-1/h1-9,18,21,24H,10-17H2;1-2,5H,3-4,6H2,(H,13,14);7H,1-6H2;1-6H. The van der Waals surface area contributed by atoms with Gasteiger partial charge in [-0.05, 0) is 135 Å². The van der Waals surface area contributed by atoms with Crippen LogP contribution in [0.3, 0.4) is 0 Å². The van der Waals surface area contributed by atoms with Crippen LogP contribution in [0.1, 0.15) is 72.4 Å². The van der Waals surface area contributed by atoms with Gasteiger partial charge in [0, 0.05) is 32.6 Å². The number of amides is 2. The van der Waals surface area contributed by atoms with Crippen molar-refractivity contribution in [1.82, 2.24) is 19.6 Å². The van der Waals surface area contributed by atoms with Gasteiger partial charge in [-0.3, -0.25) is 4.79 Å². The molecule has 12 rings (SSSR count). The van der Waals surface area contributed by atoms with Crippen molar-refractivity contribution in [2.24, 2.45) is 17.8 Å². The van der Waals surface area contributed by atoms with Gasteiger partial charge in [0.15, 0.2) is 0 Å². The fourth-order valence-corrected chi connectivity index (χ4v) is 9.42. The van der Waals surface area contributed by atoms with Crippen molar-refractivity contribution in [2.45, 2.75) is 64.0 Å². The Morgan fingerprint density at radius 3 is 1.82 bits per heavy atom. The quantitative estimate of drug-likeness (QED) is 0.228. The average Bonchev–Trinajstić information content (AvgIpc) is 3.26. The molecule has 7 nitrogen and oxygen atoms in total. The van der Waals surface area contributed by atoms with Crippen LogP contribution in [0.5, 0.6) is 0 Å². The van der Waals surface area contributed by atoms with Crippen molar-refractivity contribution < 1.29 is 19.1 Å². The highest BCUT2D eigenvalue weighted by Crippen LogP contribution is 2.39. The number of halogens is 1. The van der Waals surface area contributed by atoms with E-state index in [2.05, 4.69) is 69.3 Å². The lowest BCUT2D eigenvalue weighted by Gasteiger charge is -2.46. The lowest BCUT2D eigenvalue weighted by atomic mass is 9.77. The number of carboxylic acid groups (broad SMARTS) is 1. The highest BCUT2D eigenvalue weighted by atomic mass is 19.1. The molecule has 6 fully saturated rings. The third kappa shape index (κ3) is 10.2. The Labute approximate surface area is 326 Å². The third-order valence-electron chi connectivity index (χ3n) is 12.6. The molecule has 0 saturated carbocycles. The molecule has 4 aromatic rings. The van der Waals surface area contributed by atoms with Crippen LogP contribution in [-0.2, 0) is 24.2 Å². The first-order chi connectivity index (χ1) is 26.9. The van der Waals surface area contributed by atoms with Crippen molar-refractivity contribution in [2.75, 3.05) is 52.4 Å². The Morgan fingerprint density at radius 1 is 0.636 bits per heavy atom. The van der Waals surface area contributed by atoms with Gasteiger partial charge in [-0.2, -0.15) is 0 Å². The van der Waals surface area contributed by atoms with Gasteiger partial charge in [0.25, 0.3) is 0 Å². The molecule has 2 atom stereocenters. The Kier molecular flexibility index (Phi) is 13.3. The van der Waals surface area contributed by atoms with Crippen LogP contribution in [0.15, 0.2) is 109 Å². The number of fused-ring (bicyclic) bond motifs is 8. The maximum Gasteiger partial charge on any atom is 0.407 e. The molecule has 290 valence electrons. The molecule has 8 heteroatoms. The maximum atomic E-state index is 13.4. The molecular formula is C47H57FN4O3. The number of benzene rings is 4. The first kappa shape index (κ1) is 38.7. The van der Waals surface area contributed by atoms with Crippen LogP contribution in [-0.4, -0.2) is 89.1 Å². The summed E-state index contributed by atoms with van der Waals surface area (Å²) in [5.41, 5.74) is 5.74. The van der Waals surface area contributed by atoms with Crippen molar-refractivity contribution in [3.63, 3.8) is 0 Å². The van der Waals surface area contributed by atoms with Gasteiger partial charge in [-0.25, -0.2) is 9.18 Å². The second-order valence-corrected chi connectivity index (χ2v) is 16.0. The number of rotatable bonds is 3. The molecule has 0 spiro atoms. The molecule has 2 amide bonds. The van der Waals surface area contributed by atoms with Crippen molar-refractivity contribution in [3.05, 3.63) is 143 Å². The molecule has 8 aliphatic rings. The second kappa shape index (κ2) is 18.9. The first-order valence-electron chi connectivity index (χ1n) is 20.5. The molecule has 0 aliphatic carbocycles. The number of hydrogen-bond acceptors (Lipinski definition) is 4. The van der Waals surface area contributed by atoms with E-state index in [0.29, 0.717) is 37.8 Å². The number of nitrogens with zero attached hydrogens (tertiary/aromatic N) is 4. The summed E-state index contributed by atoms with van der Waals surface area (Å²) < 4.78 is 12.8. The second-order valence-electron chi connectivity index (χ2n) is 16.0. The average molecular weight is 745 g/mol. The summed E-state index contributed by atoms with van der Waals surface area (Å²) in [5, 5.41) is 8.77. The SMILES string of the molecule is C1CN2CCC1CC2.O=C(CC1CN2CCC1CC2)N1CCc2ccccc2C1c1ccccc1.O=C(O)N1CCc2cc(F)ccc2C1.c1ccccc1. The smallest absolute Gasteiger partial charge is 0.407 e. The van der Waals surface area contributed by atoms with Crippen molar-refractivity contribution in [3.8, 4) is 0 Å². The fourth-order valence-electron chi connectivity index (χ4n) is 9.42. The predicted octanol–water partition coefficient (Wildman–Crippen LogP) is 8.54. The van der Waals surface area contributed by atoms with Crippen molar-refractivity contribution >= 4 is 12.0 Å². The Morgan fingerprint density at radius 2 is 1.24 bits per heavy atom. The molecule has 55 heavy (non-hydrogen) atoms. The minimum atomic E-state index is -0.917. The van der Waals surface area contributed by atoms with E-state index in [4.69, 9.17) is 5.11 Å². The van der Waals surface area contributed by atoms with E-state index in [0.717, 1.165) is 42.5 Å². The molecule has 0 radical (unpaired) electrons. The van der Waals surface area contributed by atoms with Gasteiger partial charge in [-0.15, -0.1) is 0 Å². The molecule has 0 aromatic heterocycles. The summed E-state index contributed by atoms with van der Waals surface area (Å²) in [6.07, 6.45) is 8.38. The van der Waals surface area contributed by atoms with Crippen molar-refractivity contribution in [1.29, 1.82) is 0 Å². The summed E-state index contributed by atoms with van der Waals surface area (Å²) in [5.74, 6) is 2.50. The topological polar surface area (TPSA) is 67.3 Å². The number of piperidine rings is 6. The van der Waals surface area contributed by atoms with Gasteiger partial charge in [0.05, 0.1) is 6.04 Å².